The van der Waals surface area contributed by atoms with Gasteiger partial charge in [-0.2, -0.15) is 0 Å². The molecule has 11 nitrogen and oxygen atoms in total. The van der Waals surface area contributed by atoms with Crippen molar-refractivity contribution < 1.29 is 33.3 Å². The fraction of sp³-hybridized carbons (Fsp3) is 0.435. The Morgan fingerprint density at radius 2 is 1.33 bits per heavy atom. The molecule has 1 aromatic heterocycles. The summed E-state index contributed by atoms with van der Waals surface area (Å²) in [6, 6.07) is 26.4. The standard InChI is InChI=1S/C46H56N4O7S/c1-51-39-19-18-33(40-32-38(48-57-40)35-30-42(52-2)45(54-4)43(31-35)53-3)29-41(39)56-27-12-6-10-21-50-24-22-49(23-25-50)20-9-5-11-26-55-36-15-13-14-34(28-36)46-47-37-16-7-8-17-44(37)58-46/h7-8,13-19,28-31,40H,5-6,9-12,20-27,32H2,1-4H3. The lowest BCUT2D eigenvalue weighted by molar-refractivity contribution is 0.0854. The van der Waals surface area contributed by atoms with Crippen molar-refractivity contribution >= 4 is 27.3 Å². The highest BCUT2D eigenvalue weighted by Gasteiger charge is 2.27. The predicted octanol–water partition coefficient (Wildman–Crippen LogP) is 9.28. The topological polar surface area (TPSA) is 96.3 Å². The minimum absolute atomic E-state index is 0.242. The van der Waals surface area contributed by atoms with E-state index in [1.165, 1.54) is 24.0 Å². The summed E-state index contributed by atoms with van der Waals surface area (Å²) < 4.78 is 35.8. The van der Waals surface area contributed by atoms with Crippen LogP contribution >= 0.6 is 11.3 Å². The Morgan fingerprint density at radius 1 is 0.638 bits per heavy atom. The Kier molecular flexibility index (Phi) is 14.6. The molecule has 0 bridgehead atoms. The zero-order chi connectivity index (χ0) is 40.1. The molecule has 3 heterocycles. The lowest BCUT2D eigenvalue weighted by atomic mass is 9.99. The molecule has 4 aromatic carbocycles. The second kappa shape index (κ2) is 20.6. The molecule has 0 saturated carbocycles. The van der Waals surface area contributed by atoms with E-state index >= 15 is 0 Å². The Hall–Kier alpha value is -5.04. The van der Waals surface area contributed by atoms with Crippen molar-refractivity contribution in [2.24, 2.45) is 5.16 Å². The quantitative estimate of drug-likeness (QED) is 0.0668. The van der Waals surface area contributed by atoms with Gasteiger partial charge in [0.05, 0.1) is 57.6 Å². The summed E-state index contributed by atoms with van der Waals surface area (Å²) in [6.45, 7) is 8.25. The number of aromatic nitrogens is 1. The van der Waals surface area contributed by atoms with Crippen LogP contribution in [0, 0.1) is 0 Å². The maximum Gasteiger partial charge on any atom is 0.203 e. The highest BCUT2D eigenvalue weighted by Crippen LogP contribution is 2.41. The first-order valence-corrected chi connectivity index (χ1v) is 21.2. The Bertz CT molecular complexity index is 2060. The van der Waals surface area contributed by atoms with Crippen molar-refractivity contribution in [3.63, 3.8) is 0 Å². The predicted molar refractivity (Wildman–Crippen MR) is 231 cm³/mol. The molecule has 1 unspecified atom stereocenters. The molecule has 0 spiro atoms. The van der Waals surface area contributed by atoms with Crippen LogP contribution in [-0.2, 0) is 4.84 Å². The van der Waals surface area contributed by atoms with Crippen LogP contribution in [0.2, 0.25) is 0 Å². The van der Waals surface area contributed by atoms with Crippen LogP contribution < -0.4 is 28.4 Å². The number of para-hydroxylation sites is 1. The summed E-state index contributed by atoms with van der Waals surface area (Å²) in [5.74, 6) is 4.04. The van der Waals surface area contributed by atoms with Crippen molar-refractivity contribution in [1.29, 1.82) is 0 Å². The van der Waals surface area contributed by atoms with Gasteiger partial charge in [-0.3, -0.25) is 0 Å². The number of fused-ring (bicyclic) bond motifs is 1. The van der Waals surface area contributed by atoms with E-state index in [0.717, 1.165) is 110 Å². The second-order valence-corrected chi connectivity index (χ2v) is 15.7. The smallest absolute Gasteiger partial charge is 0.203 e. The molecule has 12 heteroatoms. The second-order valence-electron chi connectivity index (χ2n) is 14.7. The number of methoxy groups -OCH3 is 4. The Labute approximate surface area is 346 Å². The average molecular weight is 809 g/mol. The van der Waals surface area contributed by atoms with Crippen LogP contribution in [0.1, 0.15) is 62.2 Å². The number of thiazole rings is 1. The molecule has 2 aliphatic rings. The Balaban J connectivity index is 0.751. The van der Waals surface area contributed by atoms with Gasteiger partial charge in [0.1, 0.15) is 10.8 Å². The van der Waals surface area contributed by atoms with Crippen LogP contribution in [0.4, 0.5) is 0 Å². The molecule has 7 rings (SSSR count). The molecular weight excluding hydrogens is 753 g/mol. The van der Waals surface area contributed by atoms with Crippen LogP contribution in [0.5, 0.6) is 34.5 Å². The number of ether oxygens (including phenoxy) is 6. The molecule has 0 aliphatic carbocycles. The minimum Gasteiger partial charge on any atom is -0.494 e. The maximum absolute atomic E-state index is 6.25. The lowest BCUT2D eigenvalue weighted by Crippen LogP contribution is -2.46. The van der Waals surface area contributed by atoms with Crippen LogP contribution in [-0.4, -0.2) is 101 Å². The molecule has 0 amide bonds. The minimum atomic E-state index is -0.242. The van der Waals surface area contributed by atoms with Gasteiger partial charge in [0.25, 0.3) is 0 Å². The molecule has 1 fully saturated rings. The number of unbranched alkanes of at least 4 members (excludes halogenated alkanes) is 4. The van der Waals surface area contributed by atoms with Gasteiger partial charge >= 0.3 is 0 Å². The van der Waals surface area contributed by atoms with Crippen molar-refractivity contribution in [2.75, 3.05) is 80.9 Å². The van der Waals surface area contributed by atoms with Gasteiger partial charge in [-0.1, -0.05) is 35.5 Å². The fourth-order valence-electron chi connectivity index (χ4n) is 7.53. The maximum atomic E-state index is 6.25. The molecule has 1 atom stereocenters. The molecule has 0 N–H and O–H groups in total. The summed E-state index contributed by atoms with van der Waals surface area (Å²) in [5.41, 5.74) is 4.81. The molecule has 308 valence electrons. The summed E-state index contributed by atoms with van der Waals surface area (Å²) in [7, 11) is 6.47. The summed E-state index contributed by atoms with van der Waals surface area (Å²) in [5, 5.41) is 5.44. The van der Waals surface area contributed by atoms with E-state index < -0.39 is 0 Å². The normalized spacial score (nSPS) is 15.9. The number of piperazine rings is 1. The summed E-state index contributed by atoms with van der Waals surface area (Å²) in [6.07, 6.45) is 7.08. The first-order valence-electron chi connectivity index (χ1n) is 20.4. The van der Waals surface area contributed by atoms with Gasteiger partial charge in [-0.15, -0.1) is 11.3 Å². The van der Waals surface area contributed by atoms with E-state index in [2.05, 4.69) is 51.4 Å². The van der Waals surface area contributed by atoms with Gasteiger partial charge in [0, 0.05) is 43.7 Å². The van der Waals surface area contributed by atoms with E-state index in [9.17, 15) is 0 Å². The molecule has 1 saturated heterocycles. The molecule has 0 radical (unpaired) electrons. The lowest BCUT2D eigenvalue weighted by Gasteiger charge is -2.34. The molecular formula is C46H56N4O7S. The molecule has 5 aromatic rings. The van der Waals surface area contributed by atoms with Crippen molar-refractivity contribution in [2.45, 2.75) is 51.0 Å². The van der Waals surface area contributed by atoms with Gasteiger partial charge in [0.2, 0.25) is 5.75 Å². The number of hydrogen-bond acceptors (Lipinski definition) is 12. The summed E-state index contributed by atoms with van der Waals surface area (Å²) in [4.78, 5) is 15.9. The van der Waals surface area contributed by atoms with E-state index in [1.54, 1.807) is 39.8 Å². The zero-order valence-electron chi connectivity index (χ0n) is 34.2. The SMILES string of the molecule is COc1ccc(C2CC(c3cc(OC)c(OC)c(OC)c3)=NO2)cc1OCCCCCN1CCN(CCCCCOc2cccc(-c3nc4ccccc4s3)c2)CC1. The van der Waals surface area contributed by atoms with Gasteiger partial charge in [-0.05, 0) is 106 Å². The first kappa shape index (κ1) is 41.1. The molecule has 2 aliphatic heterocycles. The monoisotopic (exact) mass is 808 g/mol. The number of hydrogen-bond donors (Lipinski definition) is 0. The number of nitrogens with zero attached hydrogens (tertiary/aromatic N) is 4. The van der Waals surface area contributed by atoms with Crippen LogP contribution in [0.25, 0.3) is 20.8 Å². The third-order valence-corrected chi connectivity index (χ3v) is 11.9. The van der Waals surface area contributed by atoms with E-state index in [0.29, 0.717) is 36.0 Å². The highest BCUT2D eigenvalue weighted by molar-refractivity contribution is 7.21. The van der Waals surface area contributed by atoms with Gasteiger partial charge < -0.3 is 43.1 Å². The highest BCUT2D eigenvalue weighted by atomic mass is 32.1. The van der Waals surface area contributed by atoms with E-state index in [-0.39, 0.29) is 6.10 Å². The third kappa shape index (κ3) is 10.5. The van der Waals surface area contributed by atoms with Crippen LogP contribution in [0.3, 0.4) is 0 Å². The zero-order valence-corrected chi connectivity index (χ0v) is 35.1. The van der Waals surface area contributed by atoms with Gasteiger partial charge in [0.15, 0.2) is 29.1 Å². The van der Waals surface area contributed by atoms with Crippen molar-refractivity contribution in [3.05, 3.63) is 90.0 Å². The molecule has 58 heavy (non-hydrogen) atoms. The number of oxime groups is 1. The van der Waals surface area contributed by atoms with E-state index in [4.69, 9.17) is 38.2 Å². The average Bonchev–Trinajstić information content (AvgIpc) is 3.95. The van der Waals surface area contributed by atoms with Crippen molar-refractivity contribution in [1.82, 2.24) is 14.8 Å². The van der Waals surface area contributed by atoms with Gasteiger partial charge in [-0.25, -0.2) is 4.98 Å². The summed E-state index contributed by atoms with van der Waals surface area (Å²) >= 11 is 1.72. The fourth-order valence-corrected chi connectivity index (χ4v) is 8.49. The number of benzene rings is 4. The third-order valence-electron chi connectivity index (χ3n) is 10.8. The largest absolute Gasteiger partial charge is 0.494 e. The van der Waals surface area contributed by atoms with Crippen LogP contribution in [0.15, 0.2) is 84.0 Å². The number of rotatable bonds is 21. The first-order chi connectivity index (χ1) is 28.5. The van der Waals surface area contributed by atoms with Crippen molar-refractivity contribution in [3.8, 4) is 45.1 Å². The van der Waals surface area contributed by atoms with E-state index in [1.807, 2.05) is 42.5 Å². The Morgan fingerprint density at radius 3 is 2.00 bits per heavy atom.